The second-order valence-electron chi connectivity index (χ2n) is 6.07. The van der Waals surface area contributed by atoms with Crippen LogP contribution in [0.5, 0.6) is 0 Å². The minimum Gasteiger partial charge on any atom is -0.458 e. The molecule has 2 aromatic carbocycles. The van der Waals surface area contributed by atoms with Crippen LogP contribution in [0.1, 0.15) is 22.7 Å². The zero-order valence-corrected chi connectivity index (χ0v) is 15.2. The van der Waals surface area contributed by atoms with Gasteiger partial charge in [-0.3, -0.25) is 4.79 Å². The molecule has 4 nitrogen and oxygen atoms in total. The van der Waals surface area contributed by atoms with Crippen LogP contribution in [0.3, 0.4) is 0 Å². The van der Waals surface area contributed by atoms with Gasteiger partial charge in [0, 0.05) is 24.2 Å². The number of aryl methyl sites for hydroxylation is 1. The van der Waals surface area contributed by atoms with Crippen LogP contribution in [0.2, 0.25) is 0 Å². The van der Waals surface area contributed by atoms with E-state index in [4.69, 9.17) is 4.42 Å². The summed E-state index contributed by atoms with van der Waals surface area (Å²) in [6, 6.07) is 19.8. The first-order chi connectivity index (χ1) is 12.7. The molecule has 26 heavy (non-hydrogen) atoms. The Hall–Kier alpha value is -2.92. The molecular weight excluding hydrogens is 344 g/mol. The first-order valence-corrected chi connectivity index (χ1v) is 9.30. The Labute approximate surface area is 155 Å². The van der Waals surface area contributed by atoms with E-state index in [1.54, 1.807) is 23.5 Å². The molecule has 0 unspecified atom stereocenters. The van der Waals surface area contributed by atoms with Crippen LogP contribution in [0.15, 0.2) is 65.1 Å². The number of nitrogens with zero attached hydrogens (tertiary/aromatic N) is 1. The van der Waals surface area contributed by atoms with Gasteiger partial charge < -0.3 is 9.73 Å². The number of rotatable bonds is 6. The van der Waals surface area contributed by atoms with Gasteiger partial charge >= 0.3 is 0 Å². The summed E-state index contributed by atoms with van der Waals surface area (Å²) in [6.45, 7) is 2.40. The van der Waals surface area contributed by atoms with E-state index in [0.717, 1.165) is 27.5 Å². The summed E-state index contributed by atoms with van der Waals surface area (Å²) in [6.07, 6.45) is 0.395. The van der Waals surface area contributed by atoms with Gasteiger partial charge in [-0.1, -0.05) is 12.1 Å². The highest BCUT2D eigenvalue weighted by molar-refractivity contribution is 7.21. The number of hydrogen-bond acceptors (Lipinski definition) is 5. The number of aromatic nitrogens is 1. The highest BCUT2D eigenvalue weighted by Gasteiger charge is 2.10. The van der Waals surface area contributed by atoms with Crippen molar-refractivity contribution in [2.24, 2.45) is 0 Å². The molecule has 5 heteroatoms. The number of benzene rings is 2. The first-order valence-electron chi connectivity index (χ1n) is 8.48. The maximum absolute atomic E-state index is 12.0. The Bertz CT molecular complexity index is 1010. The molecule has 0 saturated heterocycles. The van der Waals surface area contributed by atoms with Crippen molar-refractivity contribution in [1.29, 1.82) is 0 Å². The van der Waals surface area contributed by atoms with Gasteiger partial charge in [0.05, 0.1) is 10.2 Å². The third-order valence-electron chi connectivity index (χ3n) is 4.12. The molecule has 0 spiro atoms. The van der Waals surface area contributed by atoms with Crippen LogP contribution in [0, 0.1) is 6.92 Å². The number of hydrogen-bond donors (Lipinski definition) is 1. The lowest BCUT2D eigenvalue weighted by Gasteiger charge is -2.06. The molecule has 0 atom stereocenters. The van der Waals surface area contributed by atoms with Gasteiger partial charge in [-0.2, -0.15) is 0 Å². The van der Waals surface area contributed by atoms with Crippen molar-refractivity contribution >= 4 is 33.0 Å². The van der Waals surface area contributed by atoms with E-state index >= 15 is 0 Å². The number of fused-ring (bicyclic) bond motifs is 1. The van der Waals surface area contributed by atoms with Crippen LogP contribution >= 0.6 is 11.3 Å². The lowest BCUT2D eigenvalue weighted by atomic mass is 10.2. The van der Waals surface area contributed by atoms with Crippen molar-refractivity contribution < 1.29 is 9.21 Å². The van der Waals surface area contributed by atoms with E-state index in [1.807, 2.05) is 37.3 Å². The van der Waals surface area contributed by atoms with Crippen molar-refractivity contribution in [2.75, 3.05) is 11.9 Å². The number of carbonyl (C=O) groups is 1. The molecule has 0 amide bonds. The average molecular weight is 362 g/mol. The lowest BCUT2D eigenvalue weighted by molar-refractivity contribution is 0.0958. The molecule has 0 aliphatic heterocycles. The van der Waals surface area contributed by atoms with Gasteiger partial charge in [0.1, 0.15) is 10.8 Å². The van der Waals surface area contributed by atoms with Gasteiger partial charge in [0.2, 0.25) is 0 Å². The molecule has 4 rings (SSSR count). The van der Waals surface area contributed by atoms with Crippen molar-refractivity contribution in [2.45, 2.75) is 13.3 Å². The highest BCUT2D eigenvalue weighted by atomic mass is 32.1. The standard InChI is InChI=1S/C21H18N2O2S/c1-14-6-11-19(25-14)18(24)12-13-22-16-9-7-15(8-10-16)21-23-17-4-2-3-5-20(17)26-21/h2-11,22H,12-13H2,1H3. The molecule has 0 aliphatic rings. The summed E-state index contributed by atoms with van der Waals surface area (Å²) in [5.41, 5.74) is 3.11. The van der Waals surface area contributed by atoms with Crippen molar-refractivity contribution in [3.63, 3.8) is 0 Å². The van der Waals surface area contributed by atoms with Gasteiger partial charge in [0.25, 0.3) is 0 Å². The summed E-state index contributed by atoms with van der Waals surface area (Å²) in [4.78, 5) is 16.7. The fourth-order valence-electron chi connectivity index (χ4n) is 2.75. The largest absolute Gasteiger partial charge is 0.458 e. The Balaban J connectivity index is 1.37. The Morgan fingerprint density at radius 3 is 2.62 bits per heavy atom. The Morgan fingerprint density at radius 2 is 1.88 bits per heavy atom. The first kappa shape index (κ1) is 16.5. The summed E-state index contributed by atoms with van der Waals surface area (Å²) >= 11 is 1.69. The number of nitrogens with one attached hydrogen (secondary N) is 1. The second kappa shape index (κ2) is 7.14. The van der Waals surface area contributed by atoms with Gasteiger partial charge in [0.15, 0.2) is 11.5 Å². The molecule has 0 radical (unpaired) electrons. The van der Waals surface area contributed by atoms with Gasteiger partial charge in [-0.15, -0.1) is 11.3 Å². The molecule has 1 N–H and O–H groups in total. The number of Topliss-reactive ketones (excluding diaryl/α,β-unsaturated/α-hetero) is 1. The normalized spacial score (nSPS) is 11.0. The van der Waals surface area contributed by atoms with E-state index in [1.165, 1.54) is 4.70 Å². The van der Waals surface area contributed by atoms with Crippen LogP contribution in [0.25, 0.3) is 20.8 Å². The van der Waals surface area contributed by atoms with Crippen LogP contribution in [0.4, 0.5) is 5.69 Å². The SMILES string of the molecule is Cc1ccc(C(=O)CCNc2ccc(-c3nc4ccccc4s3)cc2)o1. The van der Waals surface area contributed by atoms with Crippen LogP contribution < -0.4 is 5.32 Å². The quantitative estimate of drug-likeness (QED) is 0.457. The monoisotopic (exact) mass is 362 g/mol. The summed E-state index contributed by atoms with van der Waals surface area (Å²) in [5.74, 6) is 1.19. The number of thiazole rings is 1. The predicted molar refractivity (Wildman–Crippen MR) is 106 cm³/mol. The van der Waals surface area contributed by atoms with Crippen molar-refractivity contribution in [3.8, 4) is 10.6 Å². The molecule has 2 aromatic heterocycles. The number of anilines is 1. The molecule has 130 valence electrons. The molecule has 2 heterocycles. The van der Waals surface area contributed by atoms with E-state index < -0.39 is 0 Å². The number of para-hydroxylation sites is 1. The van der Waals surface area contributed by atoms with E-state index in [9.17, 15) is 4.79 Å². The van der Waals surface area contributed by atoms with E-state index in [0.29, 0.717) is 18.7 Å². The summed E-state index contributed by atoms with van der Waals surface area (Å²) < 4.78 is 6.55. The number of furan rings is 1. The fraction of sp³-hybridized carbons (Fsp3) is 0.143. The molecule has 0 bridgehead atoms. The average Bonchev–Trinajstić information content (AvgIpc) is 3.28. The zero-order valence-electron chi connectivity index (χ0n) is 14.4. The van der Waals surface area contributed by atoms with E-state index in [2.05, 4.69) is 28.5 Å². The van der Waals surface area contributed by atoms with E-state index in [-0.39, 0.29) is 5.78 Å². The molecule has 4 aromatic rings. The minimum absolute atomic E-state index is 0.0108. The van der Waals surface area contributed by atoms with Gasteiger partial charge in [-0.25, -0.2) is 4.98 Å². The molecule has 0 aliphatic carbocycles. The maximum atomic E-state index is 12.0. The smallest absolute Gasteiger partial charge is 0.199 e. The fourth-order valence-corrected chi connectivity index (χ4v) is 3.73. The van der Waals surface area contributed by atoms with Crippen molar-refractivity contribution in [3.05, 3.63) is 72.2 Å². The summed E-state index contributed by atoms with van der Waals surface area (Å²) in [7, 11) is 0. The lowest BCUT2D eigenvalue weighted by Crippen LogP contribution is -2.08. The third kappa shape index (κ3) is 3.53. The molecular formula is C21H18N2O2S. The topological polar surface area (TPSA) is 55.1 Å². The minimum atomic E-state index is 0.0108. The summed E-state index contributed by atoms with van der Waals surface area (Å²) in [5, 5.41) is 4.29. The number of ketones is 1. The van der Waals surface area contributed by atoms with Gasteiger partial charge in [-0.05, 0) is 55.5 Å². The molecule has 0 fully saturated rings. The highest BCUT2D eigenvalue weighted by Crippen LogP contribution is 2.30. The van der Waals surface area contributed by atoms with Crippen molar-refractivity contribution in [1.82, 2.24) is 4.98 Å². The second-order valence-corrected chi connectivity index (χ2v) is 7.10. The Kier molecular flexibility index (Phi) is 4.54. The van der Waals surface area contributed by atoms with Crippen LogP contribution in [-0.2, 0) is 0 Å². The third-order valence-corrected chi connectivity index (χ3v) is 5.21. The molecule has 0 saturated carbocycles. The maximum Gasteiger partial charge on any atom is 0.199 e. The number of carbonyl (C=O) groups excluding carboxylic acids is 1. The Morgan fingerprint density at radius 1 is 1.08 bits per heavy atom. The zero-order chi connectivity index (χ0) is 17.9. The van der Waals surface area contributed by atoms with Crippen LogP contribution in [-0.4, -0.2) is 17.3 Å². The predicted octanol–water partition coefficient (Wildman–Crippen LogP) is 5.55.